The first-order valence-electron chi connectivity index (χ1n) is 5.98. The van der Waals surface area contributed by atoms with E-state index < -0.39 is 0 Å². The number of anilines is 1. The molecule has 19 heavy (non-hydrogen) atoms. The van der Waals surface area contributed by atoms with Crippen molar-refractivity contribution in [3.63, 3.8) is 0 Å². The van der Waals surface area contributed by atoms with Gasteiger partial charge in [0, 0.05) is 23.6 Å². The third-order valence-electron chi connectivity index (χ3n) is 3.09. The predicted octanol–water partition coefficient (Wildman–Crippen LogP) is 4.57. The Morgan fingerprint density at radius 2 is 1.95 bits per heavy atom. The summed E-state index contributed by atoms with van der Waals surface area (Å²) in [5.74, 6) is -0.340. The molecule has 0 fully saturated rings. The second-order valence-corrected chi connectivity index (χ2v) is 4.72. The van der Waals surface area contributed by atoms with Gasteiger partial charge in [0.05, 0.1) is 10.7 Å². The molecule has 0 aliphatic carbocycles. The molecular formula is C15H12ClFN2. The molecule has 2 aromatic carbocycles. The molecule has 4 heteroatoms. The Balaban J connectivity index is 1.87. The molecule has 2 N–H and O–H groups in total. The van der Waals surface area contributed by atoms with Gasteiger partial charge in [-0.3, -0.25) is 0 Å². The van der Waals surface area contributed by atoms with Gasteiger partial charge in [0.25, 0.3) is 0 Å². The molecule has 3 rings (SSSR count). The highest BCUT2D eigenvalue weighted by atomic mass is 35.5. The highest BCUT2D eigenvalue weighted by Crippen LogP contribution is 2.26. The summed E-state index contributed by atoms with van der Waals surface area (Å²) in [6.07, 6.45) is 1.92. The van der Waals surface area contributed by atoms with Gasteiger partial charge in [0.2, 0.25) is 0 Å². The van der Waals surface area contributed by atoms with Crippen LogP contribution in [0.5, 0.6) is 0 Å². The molecule has 0 spiro atoms. The van der Waals surface area contributed by atoms with E-state index in [1.165, 1.54) is 6.07 Å². The molecule has 0 amide bonds. The molecule has 0 bridgehead atoms. The summed E-state index contributed by atoms with van der Waals surface area (Å²) in [5.41, 5.74) is 2.49. The van der Waals surface area contributed by atoms with E-state index in [0.717, 1.165) is 16.5 Å². The number of benzene rings is 2. The zero-order valence-corrected chi connectivity index (χ0v) is 10.8. The lowest BCUT2D eigenvalue weighted by atomic mass is 10.2. The van der Waals surface area contributed by atoms with Crippen LogP contribution in [-0.2, 0) is 6.54 Å². The lowest BCUT2D eigenvalue weighted by molar-refractivity contribution is 0.630. The van der Waals surface area contributed by atoms with Crippen molar-refractivity contribution in [2.45, 2.75) is 6.54 Å². The first-order valence-corrected chi connectivity index (χ1v) is 6.36. The molecule has 0 radical (unpaired) electrons. The number of H-pyrrole nitrogens is 1. The Morgan fingerprint density at radius 1 is 1.11 bits per heavy atom. The Hall–Kier alpha value is -2.00. The van der Waals surface area contributed by atoms with Gasteiger partial charge < -0.3 is 10.3 Å². The van der Waals surface area contributed by atoms with Crippen LogP contribution in [0.25, 0.3) is 10.9 Å². The van der Waals surface area contributed by atoms with Crippen molar-refractivity contribution in [3.05, 3.63) is 65.1 Å². The number of nitrogens with one attached hydrogen (secondary N) is 2. The molecule has 96 valence electrons. The molecule has 0 saturated heterocycles. The fourth-order valence-electron chi connectivity index (χ4n) is 2.13. The SMILES string of the molecule is Fc1cccc(Cl)c1NCc1c[nH]c2ccccc12. The van der Waals surface area contributed by atoms with Crippen LogP contribution in [0, 0.1) is 5.82 Å². The molecule has 2 nitrogen and oxygen atoms in total. The first kappa shape index (κ1) is 12.1. The van der Waals surface area contributed by atoms with Crippen LogP contribution < -0.4 is 5.32 Å². The van der Waals surface area contributed by atoms with Gasteiger partial charge in [-0.1, -0.05) is 35.9 Å². The van der Waals surface area contributed by atoms with E-state index in [0.29, 0.717) is 17.3 Å². The number of para-hydroxylation sites is 2. The first-order chi connectivity index (χ1) is 9.25. The lowest BCUT2D eigenvalue weighted by Crippen LogP contribution is -2.01. The molecule has 0 saturated carbocycles. The maximum atomic E-state index is 13.6. The van der Waals surface area contributed by atoms with Crippen LogP contribution >= 0.6 is 11.6 Å². The summed E-state index contributed by atoms with van der Waals surface area (Å²) < 4.78 is 13.6. The quantitative estimate of drug-likeness (QED) is 0.719. The summed E-state index contributed by atoms with van der Waals surface area (Å²) in [4.78, 5) is 3.19. The van der Waals surface area contributed by atoms with E-state index in [1.54, 1.807) is 12.1 Å². The van der Waals surface area contributed by atoms with Gasteiger partial charge in [-0.05, 0) is 23.8 Å². The van der Waals surface area contributed by atoms with Gasteiger partial charge in [0.1, 0.15) is 5.82 Å². The average molecular weight is 275 g/mol. The highest BCUT2D eigenvalue weighted by Gasteiger charge is 2.08. The standard InChI is InChI=1S/C15H12ClFN2/c16-12-5-3-6-13(17)15(12)19-9-10-8-18-14-7-2-1-4-11(10)14/h1-8,18-19H,9H2. The third kappa shape index (κ3) is 2.29. The molecule has 0 aliphatic rings. The van der Waals surface area contributed by atoms with Gasteiger partial charge in [0.15, 0.2) is 0 Å². The summed E-state index contributed by atoms with van der Waals surface area (Å²) in [7, 11) is 0. The van der Waals surface area contributed by atoms with Crippen LogP contribution in [0.3, 0.4) is 0 Å². The normalized spacial score (nSPS) is 10.8. The molecule has 0 unspecified atom stereocenters. The zero-order valence-electron chi connectivity index (χ0n) is 10.1. The van der Waals surface area contributed by atoms with Crippen molar-refractivity contribution in [1.82, 2.24) is 4.98 Å². The summed E-state index contributed by atoms with van der Waals surface area (Å²) in [6.45, 7) is 0.519. The molecule has 0 atom stereocenters. The molecule has 0 aliphatic heterocycles. The zero-order chi connectivity index (χ0) is 13.2. The Bertz CT molecular complexity index is 701. The fraction of sp³-hybridized carbons (Fsp3) is 0.0667. The number of hydrogen-bond acceptors (Lipinski definition) is 1. The minimum Gasteiger partial charge on any atom is -0.377 e. The van der Waals surface area contributed by atoms with Gasteiger partial charge >= 0.3 is 0 Å². The van der Waals surface area contributed by atoms with Crippen LogP contribution in [0.2, 0.25) is 5.02 Å². The van der Waals surface area contributed by atoms with Gasteiger partial charge in [-0.25, -0.2) is 4.39 Å². The second-order valence-electron chi connectivity index (χ2n) is 4.31. The van der Waals surface area contributed by atoms with Crippen molar-refractivity contribution in [2.24, 2.45) is 0 Å². The van der Waals surface area contributed by atoms with E-state index in [9.17, 15) is 4.39 Å². The number of halogens is 2. The molecule has 3 aromatic rings. The second kappa shape index (κ2) is 4.94. The monoisotopic (exact) mass is 274 g/mol. The number of hydrogen-bond donors (Lipinski definition) is 2. The van der Waals surface area contributed by atoms with Crippen LogP contribution in [-0.4, -0.2) is 4.98 Å². The molecular weight excluding hydrogens is 263 g/mol. The minimum absolute atomic E-state index is 0.340. The largest absolute Gasteiger partial charge is 0.377 e. The topological polar surface area (TPSA) is 27.8 Å². The van der Waals surface area contributed by atoms with Crippen LogP contribution in [0.4, 0.5) is 10.1 Å². The Labute approximate surface area is 115 Å². The van der Waals surface area contributed by atoms with Gasteiger partial charge in [-0.2, -0.15) is 0 Å². The van der Waals surface area contributed by atoms with Crippen molar-refractivity contribution in [3.8, 4) is 0 Å². The van der Waals surface area contributed by atoms with Crippen molar-refractivity contribution in [1.29, 1.82) is 0 Å². The summed E-state index contributed by atoms with van der Waals surface area (Å²) in [5, 5.41) is 4.56. The Morgan fingerprint density at radius 3 is 2.79 bits per heavy atom. The predicted molar refractivity (Wildman–Crippen MR) is 77.0 cm³/mol. The van der Waals surface area contributed by atoms with Crippen molar-refractivity contribution in [2.75, 3.05) is 5.32 Å². The van der Waals surface area contributed by atoms with E-state index in [4.69, 9.17) is 11.6 Å². The minimum atomic E-state index is -0.340. The van der Waals surface area contributed by atoms with Crippen LogP contribution in [0.15, 0.2) is 48.7 Å². The number of fused-ring (bicyclic) bond motifs is 1. The number of aromatic amines is 1. The van der Waals surface area contributed by atoms with E-state index in [2.05, 4.69) is 10.3 Å². The number of aromatic nitrogens is 1. The average Bonchev–Trinajstić information content (AvgIpc) is 2.82. The van der Waals surface area contributed by atoms with Crippen molar-refractivity contribution >= 4 is 28.2 Å². The highest BCUT2D eigenvalue weighted by molar-refractivity contribution is 6.33. The van der Waals surface area contributed by atoms with Crippen molar-refractivity contribution < 1.29 is 4.39 Å². The maximum Gasteiger partial charge on any atom is 0.147 e. The number of rotatable bonds is 3. The fourth-order valence-corrected chi connectivity index (χ4v) is 2.36. The molecule has 1 heterocycles. The third-order valence-corrected chi connectivity index (χ3v) is 3.41. The van der Waals surface area contributed by atoms with Gasteiger partial charge in [-0.15, -0.1) is 0 Å². The van der Waals surface area contributed by atoms with E-state index in [-0.39, 0.29) is 5.82 Å². The smallest absolute Gasteiger partial charge is 0.147 e. The summed E-state index contributed by atoms with van der Waals surface area (Å²) >= 11 is 5.98. The van der Waals surface area contributed by atoms with E-state index in [1.807, 2.05) is 30.5 Å². The molecule has 1 aromatic heterocycles. The van der Waals surface area contributed by atoms with Crippen LogP contribution in [0.1, 0.15) is 5.56 Å². The maximum absolute atomic E-state index is 13.6. The summed E-state index contributed by atoms with van der Waals surface area (Å²) in [6, 6.07) is 12.7. The Kier molecular flexibility index (Phi) is 3.13. The lowest BCUT2D eigenvalue weighted by Gasteiger charge is -2.08. The van der Waals surface area contributed by atoms with E-state index >= 15 is 0 Å².